The van der Waals surface area contributed by atoms with Gasteiger partial charge in [0.25, 0.3) is 0 Å². The van der Waals surface area contributed by atoms with Gasteiger partial charge in [-0.15, -0.1) is 11.3 Å². The Balaban J connectivity index is 2.13. The molecule has 84 valence electrons. The summed E-state index contributed by atoms with van der Waals surface area (Å²) in [5.41, 5.74) is 1.34. The van der Waals surface area contributed by atoms with Crippen LogP contribution in [0.4, 0.5) is 0 Å². The topological polar surface area (TPSA) is 24.9 Å². The summed E-state index contributed by atoms with van der Waals surface area (Å²) in [5, 5.41) is 6.90. The molecule has 0 aliphatic heterocycles. The second-order valence-corrected chi connectivity index (χ2v) is 5.90. The van der Waals surface area contributed by atoms with Crippen molar-refractivity contribution in [3.8, 4) is 0 Å². The van der Waals surface area contributed by atoms with Gasteiger partial charge in [0.15, 0.2) is 0 Å². The molecule has 2 nitrogen and oxygen atoms in total. The van der Waals surface area contributed by atoms with Crippen LogP contribution in [0.1, 0.15) is 37.4 Å². The first-order valence-electron chi connectivity index (χ1n) is 5.69. The second kappa shape index (κ2) is 3.87. The fourth-order valence-electron chi connectivity index (χ4n) is 2.37. The zero-order chi connectivity index (χ0) is 11.1. The molecule has 0 unspecified atom stereocenters. The number of nitrogens with one attached hydrogen (secondary N) is 1. The van der Waals surface area contributed by atoms with Gasteiger partial charge in [-0.05, 0) is 38.6 Å². The van der Waals surface area contributed by atoms with E-state index in [-0.39, 0.29) is 5.54 Å². The Labute approximate surface area is 96.1 Å². The van der Waals surface area contributed by atoms with Crippen molar-refractivity contribution in [1.29, 1.82) is 0 Å². The van der Waals surface area contributed by atoms with Gasteiger partial charge in [0.05, 0.1) is 5.54 Å². The third-order valence-electron chi connectivity index (χ3n) is 3.67. The molecular weight excluding hydrogens is 204 g/mol. The normalized spacial score (nSPS) is 30.6. The van der Waals surface area contributed by atoms with E-state index in [9.17, 15) is 0 Å². The molecule has 1 saturated carbocycles. The minimum Gasteiger partial charge on any atom is -0.308 e. The first-order chi connectivity index (χ1) is 7.07. The fourth-order valence-corrected chi connectivity index (χ4v) is 3.39. The molecule has 1 aliphatic carbocycles. The predicted octanol–water partition coefficient (Wildman–Crippen LogP) is 2.93. The molecular formula is C12H20N2S. The second-order valence-electron chi connectivity index (χ2n) is 5.04. The number of hydrogen-bond acceptors (Lipinski definition) is 3. The van der Waals surface area contributed by atoms with E-state index in [2.05, 4.69) is 43.5 Å². The van der Waals surface area contributed by atoms with Crippen LogP contribution in [0, 0.1) is 18.8 Å². The zero-order valence-corrected chi connectivity index (χ0v) is 10.8. The maximum absolute atomic E-state index is 4.63. The van der Waals surface area contributed by atoms with Crippen LogP contribution in [0.2, 0.25) is 0 Å². The van der Waals surface area contributed by atoms with Gasteiger partial charge in [0, 0.05) is 11.1 Å². The molecule has 1 aromatic rings. The minimum atomic E-state index is 0.188. The number of aromatic nitrogens is 1. The van der Waals surface area contributed by atoms with Gasteiger partial charge in [0.2, 0.25) is 0 Å². The van der Waals surface area contributed by atoms with Gasteiger partial charge in [-0.25, -0.2) is 4.98 Å². The molecule has 0 spiro atoms. The van der Waals surface area contributed by atoms with Gasteiger partial charge in [-0.3, -0.25) is 0 Å². The van der Waals surface area contributed by atoms with Crippen molar-refractivity contribution in [3.05, 3.63) is 16.1 Å². The number of aryl methyl sites for hydroxylation is 1. The molecule has 0 aromatic carbocycles. The lowest BCUT2D eigenvalue weighted by atomic mass is 9.64. The first-order valence-corrected chi connectivity index (χ1v) is 6.57. The minimum absolute atomic E-state index is 0.188. The molecule has 0 radical (unpaired) electrons. The molecule has 3 heteroatoms. The van der Waals surface area contributed by atoms with Gasteiger partial charge in [-0.2, -0.15) is 0 Å². The number of hydrogen-bond donors (Lipinski definition) is 1. The summed E-state index contributed by atoms with van der Waals surface area (Å²) in [4.78, 5) is 4.63. The molecule has 2 rings (SSSR count). The van der Waals surface area contributed by atoms with Gasteiger partial charge in [-0.1, -0.05) is 13.8 Å². The molecule has 0 atom stereocenters. The Hall–Kier alpha value is -0.410. The first kappa shape index (κ1) is 11.1. The Kier molecular flexibility index (Phi) is 2.86. The summed E-state index contributed by atoms with van der Waals surface area (Å²) >= 11 is 1.80. The van der Waals surface area contributed by atoms with Crippen LogP contribution in [0.5, 0.6) is 0 Å². The average Bonchev–Trinajstić information content (AvgIpc) is 2.51. The van der Waals surface area contributed by atoms with E-state index in [1.165, 1.54) is 17.8 Å². The highest BCUT2D eigenvalue weighted by Gasteiger charge is 2.47. The summed E-state index contributed by atoms with van der Waals surface area (Å²) in [7, 11) is 2.06. The van der Waals surface area contributed by atoms with E-state index in [0.29, 0.717) is 0 Å². The standard InChI is InChI=1S/C12H20N2S/c1-8(2)10-5-12(6-10,13-4)11-14-9(3)7-15-11/h7-8,10,13H,5-6H2,1-4H3. The largest absolute Gasteiger partial charge is 0.308 e. The van der Waals surface area contributed by atoms with Crippen LogP contribution < -0.4 is 5.32 Å². The molecule has 0 bridgehead atoms. The molecule has 0 saturated heterocycles. The number of nitrogens with zero attached hydrogens (tertiary/aromatic N) is 1. The van der Waals surface area contributed by atoms with Gasteiger partial charge in [0.1, 0.15) is 5.01 Å². The molecule has 1 aliphatic rings. The molecule has 15 heavy (non-hydrogen) atoms. The lowest BCUT2D eigenvalue weighted by Gasteiger charge is -2.48. The van der Waals surface area contributed by atoms with E-state index < -0.39 is 0 Å². The molecule has 1 heterocycles. The number of thiazole rings is 1. The fraction of sp³-hybridized carbons (Fsp3) is 0.750. The van der Waals surface area contributed by atoms with Crippen molar-refractivity contribution in [2.45, 2.75) is 39.2 Å². The predicted molar refractivity (Wildman–Crippen MR) is 65.2 cm³/mol. The van der Waals surface area contributed by atoms with Gasteiger partial charge < -0.3 is 5.32 Å². The quantitative estimate of drug-likeness (QED) is 0.854. The highest BCUT2D eigenvalue weighted by atomic mass is 32.1. The molecule has 1 fully saturated rings. The Morgan fingerprint density at radius 3 is 2.60 bits per heavy atom. The SMILES string of the molecule is CNC1(c2nc(C)cs2)CC(C(C)C)C1. The van der Waals surface area contributed by atoms with Crippen LogP contribution in [-0.4, -0.2) is 12.0 Å². The van der Waals surface area contributed by atoms with Crippen LogP contribution >= 0.6 is 11.3 Å². The summed E-state index contributed by atoms with van der Waals surface area (Å²) in [5.74, 6) is 1.66. The molecule has 1 aromatic heterocycles. The highest BCUT2D eigenvalue weighted by molar-refractivity contribution is 7.09. The van der Waals surface area contributed by atoms with Crippen LogP contribution in [-0.2, 0) is 5.54 Å². The van der Waals surface area contributed by atoms with Gasteiger partial charge >= 0.3 is 0 Å². The lowest BCUT2D eigenvalue weighted by molar-refractivity contribution is 0.0749. The summed E-state index contributed by atoms with van der Waals surface area (Å²) in [6.07, 6.45) is 2.49. The summed E-state index contributed by atoms with van der Waals surface area (Å²) in [6.45, 7) is 6.71. The average molecular weight is 224 g/mol. The van der Waals surface area contributed by atoms with E-state index in [4.69, 9.17) is 0 Å². The van der Waals surface area contributed by atoms with Crippen molar-refractivity contribution in [2.75, 3.05) is 7.05 Å². The maximum atomic E-state index is 4.63. The van der Waals surface area contributed by atoms with E-state index in [1.54, 1.807) is 11.3 Å². The van der Waals surface area contributed by atoms with Crippen LogP contribution in [0.25, 0.3) is 0 Å². The van der Waals surface area contributed by atoms with Crippen molar-refractivity contribution < 1.29 is 0 Å². The van der Waals surface area contributed by atoms with Crippen molar-refractivity contribution >= 4 is 11.3 Å². The van der Waals surface area contributed by atoms with Crippen molar-refractivity contribution in [2.24, 2.45) is 11.8 Å². The Morgan fingerprint density at radius 2 is 2.20 bits per heavy atom. The van der Waals surface area contributed by atoms with E-state index >= 15 is 0 Å². The molecule has 0 amide bonds. The third kappa shape index (κ3) is 1.83. The maximum Gasteiger partial charge on any atom is 0.113 e. The van der Waals surface area contributed by atoms with Crippen LogP contribution in [0.15, 0.2) is 5.38 Å². The Bertz CT molecular complexity index is 337. The van der Waals surface area contributed by atoms with E-state index in [0.717, 1.165) is 17.5 Å². The summed E-state index contributed by atoms with van der Waals surface area (Å²) < 4.78 is 0. The van der Waals surface area contributed by atoms with Crippen LogP contribution in [0.3, 0.4) is 0 Å². The Morgan fingerprint density at radius 1 is 1.53 bits per heavy atom. The number of rotatable bonds is 3. The van der Waals surface area contributed by atoms with Crippen molar-refractivity contribution in [1.82, 2.24) is 10.3 Å². The smallest absolute Gasteiger partial charge is 0.113 e. The summed E-state index contributed by atoms with van der Waals surface area (Å²) in [6, 6.07) is 0. The zero-order valence-electron chi connectivity index (χ0n) is 10.0. The van der Waals surface area contributed by atoms with Crippen molar-refractivity contribution in [3.63, 3.8) is 0 Å². The lowest BCUT2D eigenvalue weighted by Crippen LogP contribution is -2.52. The van der Waals surface area contributed by atoms with E-state index in [1.807, 2.05) is 0 Å². The third-order valence-corrected chi connectivity index (χ3v) is 4.84. The monoisotopic (exact) mass is 224 g/mol. The highest BCUT2D eigenvalue weighted by Crippen LogP contribution is 2.49. The molecule has 1 N–H and O–H groups in total.